The smallest absolute Gasteiger partial charge is 0.166 e. The van der Waals surface area contributed by atoms with Crippen LogP contribution in [-0.2, 0) is 36.5 Å². The van der Waals surface area contributed by atoms with E-state index in [0.29, 0.717) is 21.8 Å². The van der Waals surface area contributed by atoms with Crippen LogP contribution >= 0.6 is 72.0 Å². The monoisotopic (exact) mass is 673 g/mol. The lowest BCUT2D eigenvalue weighted by Crippen LogP contribution is -2.19. The fourth-order valence-corrected chi connectivity index (χ4v) is 4.68. The van der Waals surface area contributed by atoms with Gasteiger partial charge in [0, 0.05) is 24.2 Å². The van der Waals surface area contributed by atoms with E-state index in [0.717, 1.165) is 12.1 Å². The van der Waals surface area contributed by atoms with Crippen molar-refractivity contribution >= 4 is 72.0 Å². The minimum atomic E-state index is -4.12. The molecule has 0 aliphatic heterocycles. The van der Waals surface area contributed by atoms with Gasteiger partial charge in [0.15, 0.2) is 0 Å². The summed E-state index contributed by atoms with van der Waals surface area (Å²) < 4.78 is 76.9. The third kappa shape index (κ3) is 6.06. The van der Waals surface area contributed by atoms with Crippen LogP contribution in [0, 0.1) is 0 Å². The van der Waals surface area contributed by atoms with E-state index in [1.165, 1.54) is 24.3 Å². The van der Waals surface area contributed by atoms with Crippen LogP contribution in [-0.4, -0.2) is 0 Å². The Hall–Kier alpha value is 0.1000. The Balaban J connectivity index is 2.17. The summed E-state index contributed by atoms with van der Waals surface area (Å²) in [6.07, 6.45) is -8.24. The first kappa shape index (κ1) is 24.4. The van der Waals surface area contributed by atoms with E-state index in [4.69, 9.17) is 0 Å². The highest BCUT2D eigenvalue weighted by Gasteiger charge is 2.52. The topological polar surface area (TPSA) is 35.5 Å². The number of rotatable bonds is 8. The second-order valence-electron chi connectivity index (χ2n) is 5.34. The predicted molar refractivity (Wildman–Crippen MR) is 111 cm³/mol. The van der Waals surface area contributed by atoms with Crippen LogP contribution in [0.3, 0.4) is 0 Å². The van der Waals surface area contributed by atoms with Crippen molar-refractivity contribution in [2.75, 3.05) is 0 Å². The molecule has 0 heterocycles. The molecule has 2 aromatic rings. The first-order valence-electron chi connectivity index (χ1n) is 7.31. The Kier molecular flexibility index (Phi) is 8.65. The van der Waals surface area contributed by atoms with Gasteiger partial charge in [-0.05, 0) is 44.4 Å². The molecule has 152 valence electrons. The van der Waals surface area contributed by atoms with Crippen molar-refractivity contribution in [1.29, 1.82) is 0 Å². The van der Waals surface area contributed by atoms with Gasteiger partial charge in [0.05, 0.1) is 11.1 Å². The van der Waals surface area contributed by atoms with Crippen LogP contribution in [0.4, 0.5) is 17.6 Å². The third-order valence-corrected chi connectivity index (χ3v) is 6.74. The maximum absolute atomic E-state index is 14.3. The first-order valence-corrected chi connectivity index (χ1v) is 12.2. The minimum absolute atomic E-state index is 0.0299. The largest absolute Gasteiger partial charge is 0.710 e. The van der Waals surface area contributed by atoms with Gasteiger partial charge in [-0.1, -0.05) is 75.9 Å². The molecule has 0 bridgehead atoms. The van der Waals surface area contributed by atoms with Gasteiger partial charge in [0.2, 0.25) is 0 Å². The van der Waals surface area contributed by atoms with Gasteiger partial charge in [0.25, 0.3) is 0 Å². The van der Waals surface area contributed by atoms with E-state index in [2.05, 4.69) is 72.8 Å². The molecule has 0 aliphatic carbocycles. The lowest BCUT2D eigenvalue weighted by molar-refractivity contribution is -0.221. The third-order valence-electron chi connectivity index (χ3n) is 3.38. The van der Waals surface area contributed by atoms with E-state index in [1.54, 1.807) is 0 Å². The summed E-state index contributed by atoms with van der Waals surface area (Å²) >= 11 is 12.3. The van der Waals surface area contributed by atoms with E-state index >= 15 is 0 Å². The van der Waals surface area contributed by atoms with Crippen molar-refractivity contribution in [3.05, 3.63) is 67.6 Å². The zero-order chi connectivity index (χ0) is 21.1. The fourth-order valence-electron chi connectivity index (χ4n) is 2.06. The van der Waals surface area contributed by atoms with Gasteiger partial charge in [0.1, 0.15) is 0 Å². The molecule has 2 aromatic carbocycles. The van der Waals surface area contributed by atoms with Gasteiger partial charge >= 0.3 is 20.5 Å². The Morgan fingerprint density at radius 1 is 0.786 bits per heavy atom. The maximum atomic E-state index is 14.3. The number of benzene rings is 2. The molecule has 2 rings (SSSR count). The van der Waals surface area contributed by atoms with Crippen molar-refractivity contribution in [2.24, 2.45) is 0 Å². The normalized spacial score (nSPS) is 12.3. The van der Waals surface area contributed by atoms with Crippen LogP contribution < -0.4 is 0 Å². The SMILES string of the molecule is O=[P+](OC(F)(F)c1ccc(CBr)cc1Br)OC(F)(F)c1ccc(CBr)cc1Br. The lowest BCUT2D eigenvalue weighted by atomic mass is 10.1. The molecule has 0 unspecified atom stereocenters. The predicted octanol–water partition coefficient (Wildman–Crippen LogP) is 8.49. The zero-order valence-corrected chi connectivity index (χ0v) is 20.8. The molecule has 12 heteroatoms. The highest BCUT2D eigenvalue weighted by Crippen LogP contribution is 2.48. The summed E-state index contributed by atoms with van der Waals surface area (Å²) in [6.45, 7) is 0. The Labute approximate surface area is 192 Å². The number of alkyl halides is 6. The summed E-state index contributed by atoms with van der Waals surface area (Å²) in [5.74, 6) is 0. The summed E-state index contributed by atoms with van der Waals surface area (Å²) in [6, 6.07) is 7.64. The lowest BCUT2D eigenvalue weighted by Gasteiger charge is -2.15. The first-order chi connectivity index (χ1) is 13.0. The van der Waals surface area contributed by atoms with Crippen LogP contribution in [0.1, 0.15) is 22.3 Å². The Morgan fingerprint density at radius 3 is 1.43 bits per heavy atom. The molecule has 0 radical (unpaired) electrons. The molecule has 0 aromatic heterocycles. The van der Waals surface area contributed by atoms with Crippen molar-refractivity contribution in [3.8, 4) is 0 Å². The van der Waals surface area contributed by atoms with Crippen LogP contribution in [0.2, 0.25) is 0 Å². The minimum Gasteiger partial charge on any atom is -0.166 e. The van der Waals surface area contributed by atoms with Crippen molar-refractivity contribution in [2.45, 2.75) is 22.9 Å². The maximum Gasteiger partial charge on any atom is 0.710 e. The number of halogens is 8. The van der Waals surface area contributed by atoms with Crippen LogP contribution in [0.15, 0.2) is 45.3 Å². The van der Waals surface area contributed by atoms with Crippen molar-refractivity contribution < 1.29 is 31.2 Å². The molecule has 0 amide bonds. The van der Waals surface area contributed by atoms with E-state index in [-0.39, 0.29) is 8.95 Å². The summed E-state index contributed by atoms with van der Waals surface area (Å²) in [5, 5.41) is 0.843. The van der Waals surface area contributed by atoms with E-state index in [9.17, 15) is 22.1 Å². The average Bonchev–Trinajstić information content (AvgIpc) is 2.59. The Morgan fingerprint density at radius 2 is 1.14 bits per heavy atom. The van der Waals surface area contributed by atoms with Gasteiger partial charge < -0.3 is 0 Å². The van der Waals surface area contributed by atoms with Crippen LogP contribution in [0.5, 0.6) is 0 Å². The van der Waals surface area contributed by atoms with Gasteiger partial charge in [-0.15, -0.1) is 0 Å². The second-order valence-corrected chi connectivity index (χ2v) is 8.98. The highest BCUT2D eigenvalue weighted by atomic mass is 79.9. The molecular formula is C16H10Br4F4O3P+. The van der Waals surface area contributed by atoms with E-state index in [1.807, 2.05) is 0 Å². The van der Waals surface area contributed by atoms with Crippen molar-refractivity contribution in [1.82, 2.24) is 0 Å². The van der Waals surface area contributed by atoms with Gasteiger partial charge in [-0.2, -0.15) is 17.6 Å². The molecule has 0 atom stereocenters. The molecule has 0 aliphatic rings. The van der Waals surface area contributed by atoms with Crippen molar-refractivity contribution in [3.63, 3.8) is 0 Å². The second kappa shape index (κ2) is 9.94. The molecule has 0 saturated carbocycles. The molecule has 0 N–H and O–H groups in total. The molecule has 0 saturated heterocycles. The molecule has 28 heavy (non-hydrogen) atoms. The molecular weight excluding hydrogens is 667 g/mol. The molecule has 0 fully saturated rings. The van der Waals surface area contributed by atoms with E-state index < -0.39 is 31.6 Å². The quantitative estimate of drug-likeness (QED) is 0.160. The standard InChI is InChI=1S/C16H10Br4F4O3P/c17-7-9-1-3-11(13(19)5-9)15(21,22)26-28(25)27-16(23,24)12-4-2-10(8-18)6-14(12)20/h1-6H,7-8H2/q+1. The summed E-state index contributed by atoms with van der Waals surface area (Å²) in [5.41, 5.74) is 0.0383. The summed E-state index contributed by atoms with van der Waals surface area (Å²) in [4.78, 5) is 0. The molecule has 0 spiro atoms. The summed E-state index contributed by atoms with van der Waals surface area (Å²) in [7, 11) is -3.86. The van der Waals surface area contributed by atoms with Gasteiger partial charge in [-0.25, -0.2) is 0 Å². The fraction of sp³-hybridized carbons (Fsp3) is 0.250. The Bertz CT molecular complexity index is 813. The number of hydrogen-bond donors (Lipinski definition) is 0. The zero-order valence-electron chi connectivity index (χ0n) is 13.6. The molecule has 3 nitrogen and oxygen atoms in total. The number of hydrogen-bond acceptors (Lipinski definition) is 3. The van der Waals surface area contributed by atoms with Crippen LogP contribution in [0.25, 0.3) is 0 Å². The van der Waals surface area contributed by atoms with Gasteiger partial charge in [-0.3, -0.25) is 0 Å². The average molecular weight is 677 g/mol. The highest BCUT2D eigenvalue weighted by molar-refractivity contribution is 9.11.